The average Bonchev–Trinajstić information content (AvgIpc) is 3.00. The smallest absolute Gasteiger partial charge is 0.234 e. The molecule has 1 aliphatic heterocycles. The minimum atomic E-state index is -0.211. The van der Waals surface area contributed by atoms with Gasteiger partial charge in [0.05, 0.1) is 13.1 Å². The largest absolute Gasteiger partial charge is 0.370 e. The number of carbonyl (C=O) groups excluding carboxylic acids is 1. The van der Waals surface area contributed by atoms with Crippen LogP contribution in [0.25, 0.3) is 0 Å². The zero-order chi connectivity index (χ0) is 16.8. The summed E-state index contributed by atoms with van der Waals surface area (Å²) >= 11 is 1.65. The summed E-state index contributed by atoms with van der Waals surface area (Å²) in [6.45, 7) is 4.56. The third-order valence-corrected chi connectivity index (χ3v) is 5.06. The highest BCUT2D eigenvalue weighted by molar-refractivity contribution is 7.09. The minimum Gasteiger partial charge on any atom is -0.370 e. The second-order valence-electron chi connectivity index (χ2n) is 5.95. The normalized spacial score (nSPS) is 16.0. The first-order valence-corrected chi connectivity index (χ1v) is 9.10. The van der Waals surface area contributed by atoms with Gasteiger partial charge in [-0.15, -0.1) is 11.3 Å². The maximum atomic E-state index is 13.0. The van der Waals surface area contributed by atoms with Crippen molar-refractivity contribution in [2.45, 2.75) is 13.0 Å². The Morgan fingerprint density at radius 1 is 1.12 bits per heavy atom. The molecular formula is C18H22FN3OS. The number of nitrogens with zero attached hydrogens (tertiary/aromatic N) is 2. The number of hydrogen-bond donors (Lipinski definition) is 1. The molecule has 128 valence electrons. The van der Waals surface area contributed by atoms with Crippen LogP contribution < -0.4 is 10.2 Å². The van der Waals surface area contributed by atoms with E-state index < -0.39 is 0 Å². The summed E-state index contributed by atoms with van der Waals surface area (Å²) in [5, 5.41) is 4.99. The van der Waals surface area contributed by atoms with E-state index in [1.54, 1.807) is 11.3 Å². The fourth-order valence-corrected chi connectivity index (χ4v) is 3.54. The lowest BCUT2D eigenvalue weighted by molar-refractivity contribution is -0.122. The molecular weight excluding hydrogens is 325 g/mol. The Bertz CT molecular complexity index is 645. The lowest BCUT2D eigenvalue weighted by Crippen LogP contribution is -2.39. The van der Waals surface area contributed by atoms with Crippen molar-refractivity contribution in [3.05, 3.63) is 52.5 Å². The van der Waals surface area contributed by atoms with Crippen molar-refractivity contribution in [1.82, 2.24) is 10.2 Å². The van der Waals surface area contributed by atoms with Crippen LogP contribution in [0.15, 0.2) is 41.8 Å². The molecule has 1 aliphatic rings. The third-order valence-electron chi connectivity index (χ3n) is 4.19. The molecule has 0 spiro atoms. The Morgan fingerprint density at radius 2 is 1.96 bits per heavy atom. The Hall–Kier alpha value is -1.92. The second-order valence-corrected chi connectivity index (χ2v) is 6.98. The van der Waals surface area contributed by atoms with Gasteiger partial charge in [-0.05, 0) is 42.1 Å². The molecule has 1 saturated heterocycles. The minimum absolute atomic E-state index is 0.0682. The highest BCUT2D eigenvalue weighted by Crippen LogP contribution is 2.17. The number of benzene rings is 1. The maximum absolute atomic E-state index is 13.0. The number of thiophene rings is 1. The summed E-state index contributed by atoms with van der Waals surface area (Å²) in [5.41, 5.74) is 1.04. The zero-order valence-corrected chi connectivity index (χ0v) is 14.4. The summed E-state index contributed by atoms with van der Waals surface area (Å²) in [6, 6.07) is 10.6. The molecule has 3 rings (SSSR count). The molecule has 0 saturated carbocycles. The Kier molecular flexibility index (Phi) is 5.82. The topological polar surface area (TPSA) is 35.6 Å². The van der Waals surface area contributed by atoms with Crippen molar-refractivity contribution in [2.75, 3.05) is 37.6 Å². The van der Waals surface area contributed by atoms with Gasteiger partial charge in [-0.1, -0.05) is 6.07 Å². The summed E-state index contributed by atoms with van der Waals surface area (Å²) in [7, 11) is 0. The molecule has 0 aliphatic carbocycles. The van der Waals surface area contributed by atoms with Gasteiger partial charge in [0.2, 0.25) is 5.91 Å². The molecule has 1 amide bonds. The van der Waals surface area contributed by atoms with E-state index in [0.717, 1.165) is 38.3 Å². The molecule has 1 N–H and O–H groups in total. The molecule has 4 nitrogen and oxygen atoms in total. The SMILES string of the molecule is O=C(CN1CCCN(c2ccc(F)cc2)CC1)NCc1cccs1. The van der Waals surface area contributed by atoms with Gasteiger partial charge >= 0.3 is 0 Å². The number of nitrogens with one attached hydrogen (secondary N) is 1. The van der Waals surface area contributed by atoms with Gasteiger partial charge < -0.3 is 10.2 Å². The van der Waals surface area contributed by atoms with Gasteiger partial charge in [0.25, 0.3) is 0 Å². The Labute approximate surface area is 145 Å². The van der Waals surface area contributed by atoms with Gasteiger partial charge in [0.15, 0.2) is 0 Å². The average molecular weight is 347 g/mol. The van der Waals surface area contributed by atoms with E-state index in [1.807, 2.05) is 29.6 Å². The van der Waals surface area contributed by atoms with E-state index in [4.69, 9.17) is 0 Å². The van der Waals surface area contributed by atoms with Gasteiger partial charge in [-0.25, -0.2) is 4.39 Å². The van der Waals surface area contributed by atoms with Crippen LogP contribution in [-0.4, -0.2) is 43.5 Å². The predicted molar refractivity (Wildman–Crippen MR) is 95.8 cm³/mol. The summed E-state index contributed by atoms with van der Waals surface area (Å²) in [4.78, 5) is 17.7. The Morgan fingerprint density at radius 3 is 2.71 bits per heavy atom. The van der Waals surface area contributed by atoms with Gasteiger partial charge in [-0.2, -0.15) is 0 Å². The van der Waals surface area contributed by atoms with Crippen LogP contribution in [0, 0.1) is 5.82 Å². The van der Waals surface area contributed by atoms with Crippen LogP contribution in [0.2, 0.25) is 0 Å². The van der Waals surface area contributed by atoms with Crippen molar-refractivity contribution >= 4 is 22.9 Å². The number of carbonyl (C=O) groups is 1. The number of amides is 1. The maximum Gasteiger partial charge on any atom is 0.234 e. The van der Waals surface area contributed by atoms with Gasteiger partial charge in [0.1, 0.15) is 5.82 Å². The summed E-state index contributed by atoms with van der Waals surface area (Å²) in [6.07, 6.45) is 0.996. The third kappa shape index (κ3) is 4.79. The van der Waals surface area contributed by atoms with Crippen molar-refractivity contribution < 1.29 is 9.18 Å². The first kappa shape index (κ1) is 16.9. The number of halogens is 1. The molecule has 2 aromatic rings. The standard InChI is InChI=1S/C18H22FN3OS/c19-15-4-6-16(7-5-15)22-9-2-8-21(10-11-22)14-18(23)20-13-17-3-1-12-24-17/h1,3-7,12H,2,8-11,13-14H2,(H,20,23). The van der Waals surface area contributed by atoms with E-state index in [9.17, 15) is 9.18 Å². The second kappa shape index (κ2) is 8.26. The molecule has 0 atom stereocenters. The molecule has 1 aromatic heterocycles. The molecule has 0 unspecified atom stereocenters. The van der Waals surface area contributed by atoms with Crippen LogP contribution in [0.1, 0.15) is 11.3 Å². The van der Waals surface area contributed by atoms with E-state index in [1.165, 1.54) is 17.0 Å². The van der Waals surface area contributed by atoms with Crippen molar-refractivity contribution in [3.63, 3.8) is 0 Å². The lowest BCUT2D eigenvalue weighted by Gasteiger charge is -2.23. The van der Waals surface area contributed by atoms with Crippen LogP contribution in [0.5, 0.6) is 0 Å². The van der Waals surface area contributed by atoms with Crippen molar-refractivity contribution in [1.29, 1.82) is 0 Å². The van der Waals surface area contributed by atoms with Gasteiger partial charge in [0, 0.05) is 36.7 Å². The number of hydrogen-bond acceptors (Lipinski definition) is 4. The summed E-state index contributed by atoms with van der Waals surface area (Å²) in [5.74, 6) is -0.142. The highest BCUT2D eigenvalue weighted by atomic mass is 32.1. The lowest BCUT2D eigenvalue weighted by atomic mass is 10.2. The predicted octanol–water partition coefficient (Wildman–Crippen LogP) is 2.72. The fourth-order valence-electron chi connectivity index (χ4n) is 2.90. The number of rotatable bonds is 5. The molecule has 0 radical (unpaired) electrons. The molecule has 24 heavy (non-hydrogen) atoms. The zero-order valence-electron chi connectivity index (χ0n) is 13.6. The van der Waals surface area contributed by atoms with Gasteiger partial charge in [-0.3, -0.25) is 9.69 Å². The molecule has 0 bridgehead atoms. The quantitative estimate of drug-likeness (QED) is 0.903. The first-order valence-electron chi connectivity index (χ1n) is 8.23. The first-order chi connectivity index (χ1) is 11.7. The van der Waals surface area contributed by atoms with Crippen LogP contribution >= 0.6 is 11.3 Å². The highest BCUT2D eigenvalue weighted by Gasteiger charge is 2.17. The molecule has 1 fully saturated rings. The Balaban J connectivity index is 1.46. The van der Waals surface area contributed by atoms with Crippen LogP contribution in [-0.2, 0) is 11.3 Å². The summed E-state index contributed by atoms with van der Waals surface area (Å²) < 4.78 is 13.0. The van der Waals surface area contributed by atoms with E-state index in [0.29, 0.717) is 13.1 Å². The van der Waals surface area contributed by atoms with E-state index >= 15 is 0 Å². The molecule has 1 aromatic carbocycles. The van der Waals surface area contributed by atoms with Crippen LogP contribution in [0.4, 0.5) is 10.1 Å². The van der Waals surface area contributed by atoms with Crippen molar-refractivity contribution in [2.24, 2.45) is 0 Å². The monoisotopic (exact) mass is 347 g/mol. The number of anilines is 1. The van der Waals surface area contributed by atoms with E-state index in [2.05, 4.69) is 15.1 Å². The molecule has 6 heteroatoms. The van der Waals surface area contributed by atoms with Crippen LogP contribution in [0.3, 0.4) is 0 Å². The van der Waals surface area contributed by atoms with E-state index in [-0.39, 0.29) is 11.7 Å². The molecule has 2 heterocycles. The fraction of sp³-hybridized carbons (Fsp3) is 0.389. The van der Waals surface area contributed by atoms with Crippen molar-refractivity contribution in [3.8, 4) is 0 Å².